The van der Waals surface area contributed by atoms with Gasteiger partial charge in [0.25, 0.3) is 0 Å². The maximum absolute atomic E-state index is 6.28. The molecule has 0 spiro atoms. The Kier molecular flexibility index (Phi) is 5.77. The summed E-state index contributed by atoms with van der Waals surface area (Å²) < 4.78 is 6.28. The molecule has 0 radical (unpaired) electrons. The van der Waals surface area contributed by atoms with E-state index < -0.39 is 0 Å². The fraction of sp³-hybridized carbons (Fsp3) is 0. The summed E-state index contributed by atoms with van der Waals surface area (Å²) in [5, 5.41) is 9.31. The molecule has 3 aromatic heterocycles. The Morgan fingerprint density at radius 1 is 0.358 bits per heavy atom. The highest BCUT2D eigenvalue weighted by atomic mass is 16.3. The molecule has 1 aliphatic carbocycles. The molecular formula is C50H28N2O. The van der Waals surface area contributed by atoms with Gasteiger partial charge >= 0.3 is 0 Å². The third-order valence-corrected chi connectivity index (χ3v) is 11.2. The van der Waals surface area contributed by atoms with Crippen LogP contribution in [-0.4, -0.2) is 9.97 Å². The molecule has 0 amide bonds. The molecule has 0 saturated heterocycles. The molecule has 53 heavy (non-hydrogen) atoms. The fourth-order valence-electron chi connectivity index (χ4n) is 8.82. The molecule has 12 rings (SSSR count). The van der Waals surface area contributed by atoms with Crippen molar-refractivity contribution in [3.63, 3.8) is 0 Å². The van der Waals surface area contributed by atoms with E-state index in [1.54, 1.807) is 0 Å². The minimum absolute atomic E-state index is 0.860. The molecule has 0 bridgehead atoms. The van der Waals surface area contributed by atoms with Gasteiger partial charge in [-0.05, 0) is 68.1 Å². The molecule has 0 N–H and O–H groups in total. The van der Waals surface area contributed by atoms with Crippen molar-refractivity contribution in [3.8, 4) is 55.9 Å². The Labute approximate surface area is 304 Å². The maximum Gasteiger partial charge on any atom is 0.136 e. The highest BCUT2D eigenvalue weighted by molar-refractivity contribution is 6.26. The van der Waals surface area contributed by atoms with Crippen LogP contribution in [0.4, 0.5) is 0 Å². The van der Waals surface area contributed by atoms with Gasteiger partial charge in [-0.3, -0.25) is 0 Å². The van der Waals surface area contributed by atoms with Crippen LogP contribution >= 0.6 is 0 Å². The number of hydrogen-bond acceptors (Lipinski definition) is 3. The lowest BCUT2D eigenvalue weighted by molar-refractivity contribution is 0.669. The lowest BCUT2D eigenvalue weighted by atomic mass is 9.88. The SMILES string of the molecule is c1ccc(-c2ccc3c4c(cccc24)-c2nc4c(ccc5ccc(-c6ccc7c(c6)oc6ccccc67)nc54)c(-c4cccc5ccccc45)c2-3)cc1. The molecule has 8 aromatic carbocycles. The second kappa shape index (κ2) is 10.7. The summed E-state index contributed by atoms with van der Waals surface area (Å²) >= 11 is 0. The van der Waals surface area contributed by atoms with Crippen LogP contribution in [0.1, 0.15) is 0 Å². The molecule has 3 heterocycles. The summed E-state index contributed by atoms with van der Waals surface area (Å²) in [5.41, 5.74) is 14.9. The second-order valence-corrected chi connectivity index (χ2v) is 14.0. The van der Waals surface area contributed by atoms with Crippen LogP contribution in [0.25, 0.3) is 121 Å². The topological polar surface area (TPSA) is 38.9 Å². The van der Waals surface area contributed by atoms with Crippen LogP contribution in [0.5, 0.6) is 0 Å². The second-order valence-electron chi connectivity index (χ2n) is 14.0. The van der Waals surface area contributed by atoms with Crippen molar-refractivity contribution in [2.24, 2.45) is 0 Å². The number of pyridine rings is 2. The number of hydrogen-bond donors (Lipinski definition) is 0. The fourth-order valence-corrected chi connectivity index (χ4v) is 8.82. The first-order valence-corrected chi connectivity index (χ1v) is 18.1. The molecule has 0 atom stereocenters. The van der Waals surface area contributed by atoms with E-state index in [9.17, 15) is 0 Å². The largest absolute Gasteiger partial charge is 0.456 e. The highest BCUT2D eigenvalue weighted by Gasteiger charge is 2.30. The first-order valence-electron chi connectivity index (χ1n) is 18.1. The number of aromatic nitrogens is 2. The predicted molar refractivity (Wildman–Crippen MR) is 220 cm³/mol. The zero-order valence-electron chi connectivity index (χ0n) is 28.5. The van der Waals surface area contributed by atoms with E-state index in [-0.39, 0.29) is 0 Å². The van der Waals surface area contributed by atoms with Gasteiger partial charge in [-0.15, -0.1) is 0 Å². The summed E-state index contributed by atoms with van der Waals surface area (Å²) in [4.78, 5) is 11.0. The molecule has 0 fully saturated rings. The van der Waals surface area contributed by atoms with Gasteiger partial charge in [-0.25, -0.2) is 9.97 Å². The van der Waals surface area contributed by atoms with Gasteiger partial charge < -0.3 is 4.42 Å². The lowest BCUT2D eigenvalue weighted by Crippen LogP contribution is -1.95. The molecule has 3 nitrogen and oxygen atoms in total. The highest BCUT2D eigenvalue weighted by Crippen LogP contribution is 2.54. The van der Waals surface area contributed by atoms with Crippen molar-refractivity contribution < 1.29 is 4.42 Å². The number of nitrogens with zero attached hydrogens (tertiary/aromatic N) is 2. The Balaban J connectivity index is 1.17. The molecule has 3 heteroatoms. The van der Waals surface area contributed by atoms with E-state index >= 15 is 0 Å². The number of furan rings is 1. The predicted octanol–water partition coefficient (Wildman–Crippen LogP) is 13.6. The van der Waals surface area contributed by atoms with Crippen LogP contribution in [0, 0.1) is 0 Å². The first-order chi connectivity index (χ1) is 26.3. The minimum Gasteiger partial charge on any atom is -0.456 e. The van der Waals surface area contributed by atoms with Gasteiger partial charge in [0, 0.05) is 43.8 Å². The van der Waals surface area contributed by atoms with Crippen molar-refractivity contribution in [3.05, 3.63) is 170 Å². The first kappa shape index (κ1) is 28.6. The molecule has 0 unspecified atom stereocenters. The lowest BCUT2D eigenvalue weighted by Gasteiger charge is -2.17. The van der Waals surface area contributed by atoms with Crippen molar-refractivity contribution in [2.75, 3.05) is 0 Å². The number of fused-ring (bicyclic) bond motifs is 10. The van der Waals surface area contributed by atoms with Crippen LogP contribution in [-0.2, 0) is 0 Å². The zero-order valence-corrected chi connectivity index (χ0v) is 28.5. The molecule has 0 aliphatic heterocycles. The maximum atomic E-state index is 6.28. The molecule has 0 saturated carbocycles. The van der Waals surface area contributed by atoms with Crippen molar-refractivity contribution >= 4 is 65.3 Å². The Hall–Kier alpha value is -7.10. The summed E-state index contributed by atoms with van der Waals surface area (Å²) in [5.74, 6) is 0. The van der Waals surface area contributed by atoms with E-state index in [1.165, 1.54) is 54.9 Å². The van der Waals surface area contributed by atoms with E-state index in [2.05, 4.69) is 158 Å². The number of benzene rings is 8. The van der Waals surface area contributed by atoms with Gasteiger partial charge in [0.15, 0.2) is 0 Å². The zero-order chi connectivity index (χ0) is 34.6. The van der Waals surface area contributed by atoms with Crippen molar-refractivity contribution in [1.29, 1.82) is 0 Å². The molecule has 11 aromatic rings. The van der Waals surface area contributed by atoms with Crippen LogP contribution in [0.15, 0.2) is 174 Å². The van der Waals surface area contributed by atoms with Crippen molar-refractivity contribution in [2.45, 2.75) is 0 Å². The Bertz CT molecular complexity index is 3330. The monoisotopic (exact) mass is 672 g/mol. The Morgan fingerprint density at radius 3 is 2.02 bits per heavy atom. The van der Waals surface area contributed by atoms with Gasteiger partial charge in [-0.1, -0.05) is 146 Å². The summed E-state index contributed by atoms with van der Waals surface area (Å²) in [7, 11) is 0. The molecule has 244 valence electrons. The molecular weight excluding hydrogens is 645 g/mol. The van der Waals surface area contributed by atoms with E-state index in [4.69, 9.17) is 14.4 Å². The van der Waals surface area contributed by atoms with E-state index in [1.807, 2.05) is 12.1 Å². The normalized spacial score (nSPS) is 12.2. The van der Waals surface area contributed by atoms with Gasteiger partial charge in [0.2, 0.25) is 0 Å². The quantitative estimate of drug-likeness (QED) is 0.175. The van der Waals surface area contributed by atoms with Gasteiger partial charge in [-0.2, -0.15) is 0 Å². The van der Waals surface area contributed by atoms with E-state index in [0.29, 0.717) is 0 Å². The third-order valence-electron chi connectivity index (χ3n) is 11.2. The summed E-state index contributed by atoms with van der Waals surface area (Å²) in [6.45, 7) is 0. The third kappa shape index (κ3) is 4.05. The average molecular weight is 673 g/mol. The van der Waals surface area contributed by atoms with E-state index in [0.717, 1.165) is 66.3 Å². The van der Waals surface area contributed by atoms with Crippen LogP contribution < -0.4 is 0 Å². The number of para-hydroxylation sites is 1. The van der Waals surface area contributed by atoms with Gasteiger partial charge in [0.05, 0.1) is 22.4 Å². The summed E-state index contributed by atoms with van der Waals surface area (Å²) in [6.07, 6.45) is 0. The smallest absolute Gasteiger partial charge is 0.136 e. The van der Waals surface area contributed by atoms with Crippen molar-refractivity contribution in [1.82, 2.24) is 9.97 Å². The van der Waals surface area contributed by atoms with Gasteiger partial charge in [0.1, 0.15) is 11.2 Å². The van der Waals surface area contributed by atoms with Crippen LogP contribution in [0.3, 0.4) is 0 Å². The summed E-state index contributed by atoms with van der Waals surface area (Å²) in [6, 6.07) is 60.7. The average Bonchev–Trinajstić information content (AvgIpc) is 3.76. The standard InChI is InChI=1S/C50H28N2O/c1-2-10-29(11-3-1)34-25-26-39-45-37(34)17-9-18-40(45)49-47(39)46(38-16-8-13-30-12-4-5-14-33(30)38)41-24-20-31-22-27-42(51-48(31)50(41)52-49)32-21-23-36-35-15-6-7-19-43(35)53-44(36)28-32/h1-28H. The molecule has 1 aliphatic rings. The minimum atomic E-state index is 0.860. The Morgan fingerprint density at radius 2 is 1.08 bits per heavy atom. The number of rotatable bonds is 3. The van der Waals surface area contributed by atoms with Crippen LogP contribution in [0.2, 0.25) is 0 Å².